The molecular formula is C10H17N. The van der Waals surface area contributed by atoms with Gasteiger partial charge in [0.15, 0.2) is 0 Å². The second-order valence-corrected chi connectivity index (χ2v) is 4.25. The first-order chi connectivity index (χ1) is 5.25. The summed E-state index contributed by atoms with van der Waals surface area (Å²) < 4.78 is 0. The Morgan fingerprint density at radius 1 is 1.45 bits per heavy atom. The summed E-state index contributed by atoms with van der Waals surface area (Å²) in [4.78, 5) is 0. The maximum absolute atomic E-state index is 5.78. The minimum absolute atomic E-state index is 0.396. The highest BCUT2D eigenvalue weighted by atomic mass is 14.6. The Hall–Kier alpha value is -0.300. The molecule has 2 aliphatic rings. The molecule has 1 nitrogen and oxygen atoms in total. The third-order valence-electron chi connectivity index (χ3n) is 3.09. The van der Waals surface area contributed by atoms with Gasteiger partial charge in [-0.2, -0.15) is 0 Å². The summed E-state index contributed by atoms with van der Waals surface area (Å²) in [7, 11) is 0. The van der Waals surface area contributed by atoms with E-state index >= 15 is 0 Å². The van der Waals surface area contributed by atoms with Gasteiger partial charge < -0.3 is 5.73 Å². The predicted octanol–water partition coefficient (Wildman–Crippen LogP) is 1.94. The Morgan fingerprint density at radius 2 is 2.27 bits per heavy atom. The summed E-state index contributed by atoms with van der Waals surface area (Å²) in [5, 5.41) is 0. The van der Waals surface area contributed by atoms with Crippen LogP contribution in [0.5, 0.6) is 0 Å². The fourth-order valence-electron chi connectivity index (χ4n) is 2.64. The Balaban J connectivity index is 1.93. The summed E-state index contributed by atoms with van der Waals surface area (Å²) >= 11 is 0. The van der Waals surface area contributed by atoms with Gasteiger partial charge >= 0.3 is 0 Å². The largest absolute Gasteiger partial charge is 0.328 e. The highest BCUT2D eigenvalue weighted by Crippen LogP contribution is 2.45. The average molecular weight is 151 g/mol. The van der Waals surface area contributed by atoms with Crippen molar-refractivity contribution in [1.29, 1.82) is 0 Å². The number of fused-ring (bicyclic) bond motifs is 2. The van der Waals surface area contributed by atoms with E-state index in [0.29, 0.717) is 6.04 Å². The maximum atomic E-state index is 5.78. The van der Waals surface area contributed by atoms with E-state index in [4.69, 9.17) is 5.73 Å². The highest BCUT2D eigenvalue weighted by molar-refractivity contribution is 5.10. The monoisotopic (exact) mass is 151 g/mol. The number of hydrogen-bond donors (Lipinski definition) is 1. The fraction of sp³-hybridized carbons (Fsp3) is 0.800. The zero-order valence-electron chi connectivity index (χ0n) is 7.16. The van der Waals surface area contributed by atoms with Crippen LogP contribution in [0.4, 0.5) is 0 Å². The molecule has 0 spiro atoms. The van der Waals surface area contributed by atoms with Crippen molar-refractivity contribution in [3.63, 3.8) is 0 Å². The van der Waals surface area contributed by atoms with Crippen LogP contribution >= 0.6 is 0 Å². The van der Waals surface area contributed by atoms with Crippen LogP contribution < -0.4 is 5.73 Å². The first-order valence-electron chi connectivity index (χ1n) is 4.69. The van der Waals surface area contributed by atoms with E-state index in [1.54, 1.807) is 0 Å². The number of hydrogen-bond acceptors (Lipinski definition) is 1. The van der Waals surface area contributed by atoms with Gasteiger partial charge in [-0.1, -0.05) is 12.2 Å². The highest BCUT2D eigenvalue weighted by Gasteiger charge is 2.35. The molecule has 0 aliphatic heterocycles. The molecule has 0 radical (unpaired) electrons. The van der Waals surface area contributed by atoms with Crippen molar-refractivity contribution < 1.29 is 0 Å². The second-order valence-electron chi connectivity index (χ2n) is 4.25. The molecule has 11 heavy (non-hydrogen) atoms. The topological polar surface area (TPSA) is 26.0 Å². The van der Waals surface area contributed by atoms with Crippen LogP contribution in [0.15, 0.2) is 12.2 Å². The van der Waals surface area contributed by atoms with Crippen molar-refractivity contribution in [3.05, 3.63) is 12.2 Å². The SMILES string of the molecule is CC(N)CC1CC2C=CC1C2. The molecule has 62 valence electrons. The molecule has 2 aliphatic carbocycles. The predicted molar refractivity (Wildman–Crippen MR) is 47.1 cm³/mol. The molecule has 0 aromatic heterocycles. The summed E-state index contributed by atoms with van der Waals surface area (Å²) in [6, 6.07) is 0.396. The minimum atomic E-state index is 0.396. The average Bonchev–Trinajstić information content (AvgIpc) is 2.45. The van der Waals surface area contributed by atoms with Gasteiger partial charge in [0.05, 0.1) is 0 Å². The van der Waals surface area contributed by atoms with Gasteiger partial charge in [0.25, 0.3) is 0 Å². The zero-order valence-corrected chi connectivity index (χ0v) is 7.16. The van der Waals surface area contributed by atoms with Gasteiger partial charge in [0.2, 0.25) is 0 Å². The van der Waals surface area contributed by atoms with Crippen LogP contribution in [0.25, 0.3) is 0 Å². The van der Waals surface area contributed by atoms with Crippen molar-refractivity contribution in [3.8, 4) is 0 Å². The molecule has 0 aromatic rings. The molecule has 4 atom stereocenters. The van der Waals surface area contributed by atoms with Gasteiger partial charge in [0, 0.05) is 6.04 Å². The van der Waals surface area contributed by atoms with Gasteiger partial charge in [-0.3, -0.25) is 0 Å². The van der Waals surface area contributed by atoms with Gasteiger partial charge in [-0.05, 0) is 43.9 Å². The van der Waals surface area contributed by atoms with Crippen LogP contribution in [0, 0.1) is 17.8 Å². The number of allylic oxidation sites excluding steroid dienone is 2. The summed E-state index contributed by atoms with van der Waals surface area (Å²) in [6.07, 6.45) is 8.84. The summed E-state index contributed by atoms with van der Waals surface area (Å²) in [5.41, 5.74) is 5.78. The Labute approximate surface area is 68.7 Å². The van der Waals surface area contributed by atoms with Gasteiger partial charge in [0.1, 0.15) is 0 Å². The first-order valence-corrected chi connectivity index (χ1v) is 4.69. The molecule has 2 N–H and O–H groups in total. The molecule has 1 heteroatoms. The third-order valence-corrected chi connectivity index (χ3v) is 3.09. The molecule has 0 saturated heterocycles. The van der Waals surface area contributed by atoms with Crippen molar-refractivity contribution in [2.24, 2.45) is 23.5 Å². The first kappa shape index (κ1) is 7.35. The lowest BCUT2D eigenvalue weighted by Crippen LogP contribution is -2.21. The minimum Gasteiger partial charge on any atom is -0.328 e. The zero-order chi connectivity index (χ0) is 7.84. The molecule has 1 fully saturated rings. The standard InChI is InChI=1S/C10H17N/c1-7(11)4-10-6-8-2-3-9(10)5-8/h2-3,7-10H,4-6,11H2,1H3. The van der Waals surface area contributed by atoms with Crippen LogP contribution in [-0.4, -0.2) is 6.04 Å². The van der Waals surface area contributed by atoms with Crippen LogP contribution in [0.2, 0.25) is 0 Å². The number of rotatable bonds is 2. The quantitative estimate of drug-likeness (QED) is 0.600. The Morgan fingerprint density at radius 3 is 2.73 bits per heavy atom. The molecule has 0 amide bonds. The van der Waals surface area contributed by atoms with E-state index in [-0.39, 0.29) is 0 Å². The Bertz CT molecular complexity index is 172. The fourth-order valence-corrected chi connectivity index (χ4v) is 2.64. The summed E-state index contributed by atoms with van der Waals surface area (Å²) in [5.74, 6) is 2.69. The van der Waals surface area contributed by atoms with Crippen molar-refractivity contribution in [2.45, 2.75) is 32.2 Å². The number of nitrogens with two attached hydrogens (primary N) is 1. The van der Waals surface area contributed by atoms with Crippen LogP contribution in [0.1, 0.15) is 26.2 Å². The Kier molecular flexibility index (Phi) is 1.76. The molecular weight excluding hydrogens is 134 g/mol. The van der Waals surface area contributed by atoms with E-state index in [1.165, 1.54) is 19.3 Å². The molecule has 2 rings (SSSR count). The van der Waals surface area contributed by atoms with E-state index in [9.17, 15) is 0 Å². The van der Waals surface area contributed by atoms with Crippen molar-refractivity contribution in [2.75, 3.05) is 0 Å². The van der Waals surface area contributed by atoms with E-state index in [2.05, 4.69) is 19.1 Å². The van der Waals surface area contributed by atoms with E-state index in [0.717, 1.165) is 17.8 Å². The van der Waals surface area contributed by atoms with Crippen LogP contribution in [0.3, 0.4) is 0 Å². The molecule has 1 saturated carbocycles. The second kappa shape index (κ2) is 2.63. The molecule has 2 bridgehead atoms. The smallest absolute Gasteiger partial charge is 0.00133 e. The lowest BCUT2D eigenvalue weighted by Gasteiger charge is -2.19. The summed E-state index contributed by atoms with van der Waals surface area (Å²) in [6.45, 7) is 2.12. The van der Waals surface area contributed by atoms with E-state index in [1.807, 2.05) is 0 Å². The third kappa shape index (κ3) is 1.34. The van der Waals surface area contributed by atoms with Crippen molar-refractivity contribution in [1.82, 2.24) is 0 Å². The lowest BCUT2D eigenvalue weighted by molar-refractivity contribution is 0.387. The maximum Gasteiger partial charge on any atom is 0.00133 e. The molecule has 0 aromatic carbocycles. The molecule has 4 unspecified atom stereocenters. The normalized spacial score (nSPS) is 43.3. The van der Waals surface area contributed by atoms with Crippen molar-refractivity contribution >= 4 is 0 Å². The van der Waals surface area contributed by atoms with Gasteiger partial charge in [-0.25, -0.2) is 0 Å². The molecule has 0 heterocycles. The van der Waals surface area contributed by atoms with Gasteiger partial charge in [-0.15, -0.1) is 0 Å². The van der Waals surface area contributed by atoms with E-state index < -0.39 is 0 Å². The van der Waals surface area contributed by atoms with Crippen LogP contribution in [-0.2, 0) is 0 Å². The lowest BCUT2D eigenvalue weighted by atomic mass is 9.88.